The molecule has 146 valence electrons. The molecule has 1 atom stereocenters. The Morgan fingerprint density at radius 1 is 1.26 bits per heavy atom. The zero-order valence-corrected chi connectivity index (χ0v) is 15.8. The standard InChI is InChI=1S/C18H26N6O3/c1-4-13(5-2)9-14(10-24(27)11-25)17(26)21-23-18-19-15-7-6-12(3)8-16(15)20-22-18/h6-8,11,13-14,27H,4-5,9-10H2,1-3H3,(H,21,26)(H,19,22,23)/t14-/m1/s1. The van der Waals surface area contributed by atoms with Gasteiger partial charge in [-0.1, -0.05) is 32.8 Å². The molecule has 0 radical (unpaired) electrons. The van der Waals surface area contributed by atoms with Crippen LogP contribution in [0, 0.1) is 18.8 Å². The summed E-state index contributed by atoms with van der Waals surface area (Å²) < 4.78 is 0. The molecule has 0 unspecified atom stereocenters. The quantitative estimate of drug-likeness (QED) is 0.331. The molecule has 0 bridgehead atoms. The molecule has 1 aromatic heterocycles. The van der Waals surface area contributed by atoms with Crippen molar-refractivity contribution < 1.29 is 14.8 Å². The molecule has 9 heteroatoms. The zero-order valence-electron chi connectivity index (χ0n) is 15.8. The van der Waals surface area contributed by atoms with Crippen LogP contribution >= 0.6 is 0 Å². The predicted octanol–water partition coefficient (Wildman–Crippen LogP) is 2.07. The molecule has 1 aromatic carbocycles. The van der Waals surface area contributed by atoms with E-state index in [9.17, 15) is 14.8 Å². The SMILES string of the molecule is CCC(CC)C[C@H](CN(O)C=O)C(=O)NNc1nnc2cc(C)ccc2n1. The van der Waals surface area contributed by atoms with E-state index < -0.39 is 5.92 Å². The summed E-state index contributed by atoms with van der Waals surface area (Å²) in [5.74, 6) is -0.427. The van der Waals surface area contributed by atoms with Crippen LogP contribution in [0.5, 0.6) is 0 Å². The minimum atomic E-state index is -0.561. The van der Waals surface area contributed by atoms with Gasteiger partial charge in [0.15, 0.2) is 0 Å². The molecule has 9 nitrogen and oxygen atoms in total. The van der Waals surface area contributed by atoms with Crippen molar-refractivity contribution >= 4 is 29.3 Å². The first-order valence-corrected chi connectivity index (χ1v) is 9.04. The average molecular weight is 374 g/mol. The summed E-state index contributed by atoms with van der Waals surface area (Å²) in [5, 5.41) is 18.0. The number of benzene rings is 1. The Hall–Kier alpha value is -2.81. The van der Waals surface area contributed by atoms with Crippen LogP contribution in [0.15, 0.2) is 18.2 Å². The number of hydrogen-bond donors (Lipinski definition) is 3. The molecule has 2 rings (SSSR count). The van der Waals surface area contributed by atoms with Crippen molar-refractivity contribution in [3.8, 4) is 0 Å². The van der Waals surface area contributed by atoms with Gasteiger partial charge in [-0.3, -0.25) is 25.6 Å². The van der Waals surface area contributed by atoms with E-state index in [-0.39, 0.29) is 18.4 Å². The number of hydrogen-bond acceptors (Lipinski definition) is 7. The second kappa shape index (κ2) is 9.77. The molecular formula is C18H26N6O3. The number of hydrazine groups is 1. The largest absolute Gasteiger partial charge is 0.286 e. The van der Waals surface area contributed by atoms with Gasteiger partial charge in [-0.2, -0.15) is 0 Å². The highest BCUT2D eigenvalue weighted by Crippen LogP contribution is 2.20. The number of amides is 2. The van der Waals surface area contributed by atoms with E-state index in [2.05, 4.69) is 26.0 Å². The Morgan fingerprint density at radius 3 is 2.67 bits per heavy atom. The number of nitrogens with zero attached hydrogens (tertiary/aromatic N) is 4. The number of carbonyl (C=O) groups excluding carboxylic acids is 2. The molecule has 1 heterocycles. The maximum absolute atomic E-state index is 12.5. The van der Waals surface area contributed by atoms with E-state index in [1.54, 1.807) is 0 Å². The van der Waals surface area contributed by atoms with Crippen LogP contribution in [0.25, 0.3) is 11.0 Å². The first kappa shape index (κ1) is 20.5. The Morgan fingerprint density at radius 2 is 2.00 bits per heavy atom. The van der Waals surface area contributed by atoms with Crippen molar-refractivity contribution in [3.63, 3.8) is 0 Å². The van der Waals surface area contributed by atoms with Crippen molar-refractivity contribution in [3.05, 3.63) is 23.8 Å². The Labute approximate surface area is 158 Å². The number of rotatable bonds is 10. The van der Waals surface area contributed by atoms with Crippen LogP contribution in [-0.4, -0.2) is 44.3 Å². The Bertz CT molecular complexity index is 781. The van der Waals surface area contributed by atoms with Crippen LogP contribution < -0.4 is 10.9 Å². The summed E-state index contributed by atoms with van der Waals surface area (Å²) >= 11 is 0. The van der Waals surface area contributed by atoms with E-state index in [0.717, 1.165) is 18.4 Å². The van der Waals surface area contributed by atoms with Crippen molar-refractivity contribution in [1.82, 2.24) is 25.7 Å². The van der Waals surface area contributed by atoms with E-state index in [0.29, 0.717) is 34.8 Å². The van der Waals surface area contributed by atoms with Crippen LogP contribution in [0.2, 0.25) is 0 Å². The molecular weight excluding hydrogens is 348 g/mol. The van der Waals surface area contributed by atoms with E-state index in [1.165, 1.54) is 0 Å². The Balaban J connectivity index is 2.04. The average Bonchev–Trinajstić information content (AvgIpc) is 2.68. The minimum absolute atomic E-state index is 0.0797. The van der Waals surface area contributed by atoms with Gasteiger partial charge in [0.25, 0.3) is 5.95 Å². The lowest BCUT2D eigenvalue weighted by Crippen LogP contribution is -2.41. The first-order chi connectivity index (χ1) is 13.0. The highest BCUT2D eigenvalue weighted by Gasteiger charge is 2.24. The van der Waals surface area contributed by atoms with Crippen LogP contribution in [0.4, 0.5) is 5.95 Å². The van der Waals surface area contributed by atoms with Crippen LogP contribution in [0.1, 0.15) is 38.7 Å². The molecule has 0 spiro atoms. The lowest BCUT2D eigenvalue weighted by molar-refractivity contribution is -0.154. The molecule has 2 amide bonds. The van der Waals surface area contributed by atoms with Gasteiger partial charge in [0.1, 0.15) is 5.52 Å². The van der Waals surface area contributed by atoms with Crippen LogP contribution in [-0.2, 0) is 9.59 Å². The topological polar surface area (TPSA) is 120 Å². The highest BCUT2D eigenvalue weighted by atomic mass is 16.5. The summed E-state index contributed by atoms with van der Waals surface area (Å²) in [4.78, 5) is 27.6. The van der Waals surface area contributed by atoms with E-state index in [1.807, 2.05) is 39.0 Å². The van der Waals surface area contributed by atoms with Gasteiger partial charge in [-0.25, -0.2) is 10.0 Å². The number of aromatic nitrogens is 3. The smallest absolute Gasteiger partial charge is 0.262 e. The maximum atomic E-state index is 12.5. The van der Waals surface area contributed by atoms with Crippen molar-refractivity contribution in [2.24, 2.45) is 11.8 Å². The van der Waals surface area contributed by atoms with Gasteiger partial charge in [-0.05, 0) is 37.0 Å². The third-order valence-electron chi connectivity index (χ3n) is 4.58. The summed E-state index contributed by atoms with van der Waals surface area (Å²) in [5.41, 5.74) is 7.59. The molecule has 0 saturated carbocycles. The fourth-order valence-corrected chi connectivity index (χ4v) is 2.88. The van der Waals surface area contributed by atoms with E-state index in [4.69, 9.17) is 0 Å². The van der Waals surface area contributed by atoms with Crippen molar-refractivity contribution in [2.75, 3.05) is 12.0 Å². The number of anilines is 1. The summed E-state index contributed by atoms with van der Waals surface area (Å²) in [6.45, 7) is 5.98. The highest BCUT2D eigenvalue weighted by molar-refractivity contribution is 5.80. The normalized spacial score (nSPS) is 12.0. The van der Waals surface area contributed by atoms with Gasteiger partial charge in [0.2, 0.25) is 12.3 Å². The maximum Gasteiger partial charge on any atom is 0.262 e. The second-order valence-corrected chi connectivity index (χ2v) is 6.58. The lowest BCUT2D eigenvalue weighted by atomic mass is 9.90. The van der Waals surface area contributed by atoms with Crippen molar-refractivity contribution in [1.29, 1.82) is 0 Å². The molecule has 0 saturated heterocycles. The lowest BCUT2D eigenvalue weighted by Gasteiger charge is -2.23. The number of hydroxylamine groups is 2. The number of nitrogens with one attached hydrogen (secondary N) is 2. The molecule has 0 aliphatic rings. The molecule has 3 N–H and O–H groups in total. The fraction of sp³-hybridized carbons (Fsp3) is 0.500. The Kier molecular flexibility index (Phi) is 7.42. The van der Waals surface area contributed by atoms with Gasteiger partial charge in [0.05, 0.1) is 18.0 Å². The second-order valence-electron chi connectivity index (χ2n) is 6.58. The van der Waals surface area contributed by atoms with Gasteiger partial charge in [0, 0.05) is 0 Å². The number of fused-ring (bicyclic) bond motifs is 1. The number of aryl methyl sites for hydroxylation is 1. The number of carbonyl (C=O) groups is 2. The summed E-state index contributed by atoms with van der Waals surface area (Å²) in [6, 6.07) is 5.62. The molecule has 0 aliphatic carbocycles. The monoisotopic (exact) mass is 374 g/mol. The van der Waals surface area contributed by atoms with Gasteiger partial charge < -0.3 is 0 Å². The molecule has 2 aromatic rings. The summed E-state index contributed by atoms with van der Waals surface area (Å²) in [6.07, 6.45) is 2.68. The molecule has 0 fully saturated rings. The summed E-state index contributed by atoms with van der Waals surface area (Å²) in [7, 11) is 0. The zero-order chi connectivity index (χ0) is 19.8. The minimum Gasteiger partial charge on any atom is -0.286 e. The predicted molar refractivity (Wildman–Crippen MR) is 101 cm³/mol. The van der Waals surface area contributed by atoms with Crippen LogP contribution in [0.3, 0.4) is 0 Å². The molecule has 27 heavy (non-hydrogen) atoms. The third-order valence-corrected chi connectivity index (χ3v) is 4.58. The third kappa shape index (κ3) is 5.85. The fourth-order valence-electron chi connectivity index (χ4n) is 2.88. The first-order valence-electron chi connectivity index (χ1n) is 9.04. The van der Waals surface area contributed by atoms with Gasteiger partial charge in [-0.15, -0.1) is 10.2 Å². The van der Waals surface area contributed by atoms with Crippen molar-refractivity contribution in [2.45, 2.75) is 40.0 Å². The van der Waals surface area contributed by atoms with E-state index >= 15 is 0 Å². The molecule has 0 aliphatic heterocycles. The van der Waals surface area contributed by atoms with Gasteiger partial charge >= 0.3 is 0 Å².